The summed E-state index contributed by atoms with van der Waals surface area (Å²) in [6.07, 6.45) is -9.16. The Balaban J connectivity index is 0.000000405. The average Bonchev–Trinajstić information content (AvgIpc) is 3.61. The van der Waals surface area contributed by atoms with E-state index in [4.69, 9.17) is 44.8 Å². The number of fused-ring (bicyclic) bond motifs is 1. The third kappa shape index (κ3) is 10.8. The molecule has 9 unspecified atom stereocenters. The first-order valence-corrected chi connectivity index (χ1v) is 10.4. The number of nitrogens with zero attached hydrogens (tertiary/aromatic N) is 1. The zero-order chi connectivity index (χ0) is 24.8. The smallest absolute Gasteiger partial charge is 0.187 e. The summed E-state index contributed by atoms with van der Waals surface area (Å²) in [4.78, 5) is 4.77. The van der Waals surface area contributed by atoms with Crippen LogP contribution >= 0.6 is 0 Å². The van der Waals surface area contributed by atoms with E-state index in [2.05, 4.69) is 5.16 Å². The predicted molar refractivity (Wildman–Crippen MR) is 109 cm³/mol. The molecule has 2 rings (SSSR count). The van der Waals surface area contributed by atoms with Crippen LogP contribution in [0, 0.1) is 0 Å². The summed E-state index contributed by atoms with van der Waals surface area (Å²) in [5.41, 5.74) is 5.23. The first-order valence-electron chi connectivity index (χ1n) is 10.4. The molecule has 0 aromatic rings. The summed E-state index contributed by atoms with van der Waals surface area (Å²) in [5.74, 6) is 0. The van der Waals surface area contributed by atoms with Gasteiger partial charge in [0.25, 0.3) is 0 Å². The van der Waals surface area contributed by atoms with Crippen molar-refractivity contribution in [2.24, 2.45) is 10.9 Å². The molecular weight excluding hydrogens is 452 g/mol. The van der Waals surface area contributed by atoms with Gasteiger partial charge in [-0.25, -0.2) is 0 Å². The first-order chi connectivity index (χ1) is 15.8. The normalized spacial score (nSPS) is 30.0. The zero-order valence-corrected chi connectivity index (χ0v) is 18.1. The van der Waals surface area contributed by atoms with Gasteiger partial charge in [-0.15, -0.1) is 0 Å². The number of rotatable bonds is 15. The summed E-state index contributed by atoms with van der Waals surface area (Å²) in [7, 11) is 0. The molecule has 0 bridgehead atoms. The standard InChI is InChI=1S/C12H26N2O8.C6H10O5/c13-1-2-20-3-4-21-5-6-22-14-7-9(16)11(18)12(19)10(17)8-15;7-1-2-3(8)4(9)5-6(10-2)11-5/h7,9-12,15-19H,1-6,8,13H2;2-9H,1H2/b14-7+;. The molecule has 196 valence electrons. The van der Waals surface area contributed by atoms with Crippen LogP contribution in [-0.4, -0.2) is 155 Å². The fraction of sp³-hybridized carbons (Fsp3) is 0.944. The summed E-state index contributed by atoms with van der Waals surface area (Å²) >= 11 is 0. The fourth-order valence-electron chi connectivity index (χ4n) is 2.56. The second-order valence-corrected chi connectivity index (χ2v) is 7.13. The number of oxime groups is 1. The summed E-state index contributed by atoms with van der Waals surface area (Å²) < 4.78 is 20.1. The van der Waals surface area contributed by atoms with Gasteiger partial charge in [-0.1, -0.05) is 5.16 Å². The first kappa shape index (κ1) is 30.0. The molecule has 9 atom stereocenters. The van der Waals surface area contributed by atoms with Crippen molar-refractivity contribution >= 4 is 6.21 Å². The van der Waals surface area contributed by atoms with Crippen LogP contribution in [0.1, 0.15) is 0 Å². The van der Waals surface area contributed by atoms with Crippen molar-refractivity contribution < 1.29 is 64.6 Å². The largest absolute Gasteiger partial charge is 0.394 e. The lowest BCUT2D eigenvalue weighted by Gasteiger charge is -2.27. The van der Waals surface area contributed by atoms with Crippen molar-refractivity contribution in [1.82, 2.24) is 0 Å². The molecule has 0 aromatic carbocycles. The number of ether oxygens (including phenoxy) is 4. The Morgan fingerprint density at radius 2 is 1.52 bits per heavy atom. The molecule has 15 nitrogen and oxygen atoms in total. The average molecular weight is 488 g/mol. The quantitative estimate of drug-likeness (QED) is 0.0451. The highest BCUT2D eigenvalue weighted by Crippen LogP contribution is 2.35. The molecule has 0 amide bonds. The Bertz CT molecular complexity index is 532. The Morgan fingerprint density at radius 3 is 2.12 bits per heavy atom. The molecule has 2 heterocycles. The van der Waals surface area contributed by atoms with Gasteiger partial charge in [0, 0.05) is 6.54 Å². The van der Waals surface area contributed by atoms with Gasteiger partial charge in [0.1, 0.15) is 55.4 Å². The maximum absolute atomic E-state index is 9.47. The predicted octanol–water partition coefficient (Wildman–Crippen LogP) is -5.76. The van der Waals surface area contributed by atoms with Gasteiger partial charge < -0.3 is 70.4 Å². The Kier molecular flexibility index (Phi) is 15.0. The Morgan fingerprint density at radius 1 is 0.879 bits per heavy atom. The summed E-state index contributed by atoms with van der Waals surface area (Å²) in [6.45, 7) is 1.08. The second-order valence-electron chi connectivity index (χ2n) is 7.13. The van der Waals surface area contributed by atoms with Crippen LogP contribution in [0.2, 0.25) is 0 Å². The topological polar surface area (TPSA) is 250 Å². The van der Waals surface area contributed by atoms with Crippen LogP contribution < -0.4 is 5.73 Å². The lowest BCUT2D eigenvalue weighted by Crippen LogP contribution is -2.48. The van der Waals surface area contributed by atoms with Crippen LogP contribution in [0.25, 0.3) is 0 Å². The molecule has 0 aromatic heterocycles. The molecule has 33 heavy (non-hydrogen) atoms. The van der Waals surface area contributed by atoms with E-state index in [1.54, 1.807) is 0 Å². The van der Waals surface area contributed by atoms with Gasteiger partial charge in [0.15, 0.2) is 6.29 Å². The van der Waals surface area contributed by atoms with Crippen molar-refractivity contribution in [3.05, 3.63) is 0 Å². The van der Waals surface area contributed by atoms with Gasteiger partial charge in [-0.2, -0.15) is 0 Å². The van der Waals surface area contributed by atoms with Crippen molar-refractivity contribution in [3.8, 4) is 0 Å². The lowest BCUT2D eigenvalue weighted by atomic mass is 10.0. The van der Waals surface area contributed by atoms with Gasteiger partial charge in [-0.05, 0) is 0 Å². The van der Waals surface area contributed by atoms with Crippen molar-refractivity contribution in [2.45, 2.75) is 55.1 Å². The maximum Gasteiger partial charge on any atom is 0.187 e. The van der Waals surface area contributed by atoms with Crippen molar-refractivity contribution in [1.29, 1.82) is 0 Å². The van der Waals surface area contributed by atoms with Crippen molar-refractivity contribution in [3.63, 3.8) is 0 Å². The number of epoxide rings is 1. The van der Waals surface area contributed by atoms with Gasteiger partial charge in [0.2, 0.25) is 0 Å². The minimum absolute atomic E-state index is 0.123. The molecule has 2 fully saturated rings. The fourth-order valence-corrected chi connectivity index (χ4v) is 2.56. The second kappa shape index (κ2) is 16.6. The van der Waals surface area contributed by atoms with E-state index < -0.39 is 61.7 Å². The highest BCUT2D eigenvalue weighted by atomic mass is 16.8. The molecule has 2 aliphatic rings. The third-order valence-corrected chi connectivity index (χ3v) is 4.56. The van der Waals surface area contributed by atoms with E-state index in [9.17, 15) is 25.5 Å². The highest BCUT2D eigenvalue weighted by molar-refractivity contribution is 5.62. The molecule has 2 aliphatic heterocycles. The lowest BCUT2D eigenvalue weighted by molar-refractivity contribution is -0.144. The van der Waals surface area contributed by atoms with Gasteiger partial charge in [0.05, 0.1) is 45.9 Å². The van der Waals surface area contributed by atoms with E-state index in [1.807, 2.05) is 0 Å². The zero-order valence-electron chi connectivity index (χ0n) is 18.1. The molecule has 0 radical (unpaired) electrons. The van der Waals surface area contributed by atoms with Crippen LogP contribution in [0.15, 0.2) is 5.16 Å². The monoisotopic (exact) mass is 488 g/mol. The molecular formula is C18H36N2O13. The van der Waals surface area contributed by atoms with Crippen LogP contribution in [0.3, 0.4) is 0 Å². The minimum Gasteiger partial charge on any atom is -0.394 e. The SMILES string of the molecule is NCCOCCOCCO/N=C/C(O)C(O)C(O)C(O)CO.OCC1OC2OC2C(O)C1O. The minimum atomic E-state index is -1.71. The number of aliphatic hydroxyl groups is 8. The molecule has 0 saturated carbocycles. The van der Waals surface area contributed by atoms with Crippen LogP contribution in [0.5, 0.6) is 0 Å². The molecule has 15 heteroatoms. The van der Waals surface area contributed by atoms with E-state index in [-0.39, 0.29) is 19.8 Å². The van der Waals surface area contributed by atoms with Crippen molar-refractivity contribution in [2.75, 3.05) is 52.8 Å². The van der Waals surface area contributed by atoms with Crippen LogP contribution in [0.4, 0.5) is 0 Å². The Labute approximate surface area is 190 Å². The summed E-state index contributed by atoms with van der Waals surface area (Å²) in [5, 5.41) is 76.5. The Hall–Kier alpha value is -1.05. The number of hydrogen-bond acceptors (Lipinski definition) is 15. The molecule has 0 spiro atoms. The van der Waals surface area contributed by atoms with Gasteiger partial charge in [-0.3, -0.25) is 0 Å². The van der Waals surface area contributed by atoms with Gasteiger partial charge >= 0.3 is 0 Å². The van der Waals surface area contributed by atoms with E-state index in [0.717, 1.165) is 6.21 Å². The molecule has 10 N–H and O–H groups in total. The van der Waals surface area contributed by atoms with E-state index in [0.29, 0.717) is 26.4 Å². The number of aliphatic hydroxyl groups excluding tert-OH is 8. The number of hydrogen-bond donors (Lipinski definition) is 9. The third-order valence-electron chi connectivity index (χ3n) is 4.56. The molecule has 0 aliphatic carbocycles. The van der Waals surface area contributed by atoms with Crippen LogP contribution in [-0.2, 0) is 23.8 Å². The maximum atomic E-state index is 9.47. The summed E-state index contributed by atoms with van der Waals surface area (Å²) in [6, 6.07) is 0. The number of nitrogens with two attached hydrogens (primary N) is 1. The molecule has 2 saturated heterocycles. The van der Waals surface area contributed by atoms with E-state index in [1.165, 1.54) is 0 Å². The highest BCUT2D eigenvalue weighted by Gasteiger charge is 2.55. The van der Waals surface area contributed by atoms with E-state index >= 15 is 0 Å².